The largest absolute Gasteiger partial charge is 0.497 e. The molecule has 0 heterocycles. The molecule has 0 saturated heterocycles. The molecule has 0 aliphatic rings. The molecule has 3 rings (SSSR count). The number of benzene rings is 3. The van der Waals surface area contributed by atoms with E-state index in [9.17, 15) is 13.4 Å². The van der Waals surface area contributed by atoms with E-state index in [1.807, 2.05) is 24.3 Å². The molecule has 3 aromatic carbocycles. The Morgan fingerprint density at radius 3 is 2.45 bits per heavy atom. The standard InChI is InChI=1S/C22H19FO5S/c1-27-18-7-10-21(23)20(12-18)16-4-2-3-15(11-16)13-28-17-5-8-19(9-6-17)29(26)14-22(24)25/h2-12H,13-14H2,1H3,(H,24,25). The number of halogens is 1. The van der Waals surface area contributed by atoms with Gasteiger partial charge in [0, 0.05) is 10.5 Å². The van der Waals surface area contributed by atoms with E-state index in [4.69, 9.17) is 14.6 Å². The molecule has 0 fully saturated rings. The summed E-state index contributed by atoms with van der Waals surface area (Å²) in [6, 6.07) is 18.4. The number of carbonyl (C=O) groups is 1. The zero-order valence-corrected chi connectivity index (χ0v) is 16.4. The first kappa shape index (κ1) is 20.5. The van der Waals surface area contributed by atoms with Crippen LogP contribution in [-0.4, -0.2) is 28.1 Å². The van der Waals surface area contributed by atoms with Gasteiger partial charge in [0.05, 0.1) is 17.9 Å². The molecule has 5 nitrogen and oxygen atoms in total. The summed E-state index contributed by atoms with van der Waals surface area (Å²) in [5.41, 5.74) is 2.00. The van der Waals surface area contributed by atoms with Crippen molar-refractivity contribution in [3.05, 3.63) is 78.1 Å². The van der Waals surface area contributed by atoms with Crippen LogP contribution in [0.2, 0.25) is 0 Å². The minimum Gasteiger partial charge on any atom is -0.497 e. The maximum absolute atomic E-state index is 14.2. The van der Waals surface area contributed by atoms with Gasteiger partial charge >= 0.3 is 5.97 Å². The zero-order chi connectivity index (χ0) is 20.8. The quantitative estimate of drug-likeness (QED) is 0.596. The summed E-state index contributed by atoms with van der Waals surface area (Å²) in [5, 5.41) is 8.71. The summed E-state index contributed by atoms with van der Waals surface area (Å²) < 4.78 is 37.0. The summed E-state index contributed by atoms with van der Waals surface area (Å²) in [6.07, 6.45) is 0. The van der Waals surface area contributed by atoms with E-state index < -0.39 is 22.5 Å². The van der Waals surface area contributed by atoms with Crippen LogP contribution in [0.5, 0.6) is 11.5 Å². The third-order valence-corrected chi connectivity index (χ3v) is 5.47. The summed E-state index contributed by atoms with van der Waals surface area (Å²) in [7, 11) is -0.0605. The Hall–Kier alpha value is -3.19. The van der Waals surface area contributed by atoms with Crippen LogP contribution in [0.1, 0.15) is 5.56 Å². The van der Waals surface area contributed by atoms with Crippen LogP contribution in [0.15, 0.2) is 71.6 Å². The highest BCUT2D eigenvalue weighted by Gasteiger charge is 2.10. The van der Waals surface area contributed by atoms with Gasteiger partial charge in [0.2, 0.25) is 0 Å². The van der Waals surface area contributed by atoms with E-state index in [1.54, 1.807) is 36.4 Å². The van der Waals surface area contributed by atoms with Crippen molar-refractivity contribution in [2.75, 3.05) is 12.9 Å². The normalized spacial score (nSPS) is 11.7. The van der Waals surface area contributed by atoms with Gasteiger partial charge in [-0.3, -0.25) is 9.00 Å². The second-order valence-electron chi connectivity index (χ2n) is 6.19. The van der Waals surface area contributed by atoms with Crippen LogP contribution in [0, 0.1) is 5.82 Å². The lowest BCUT2D eigenvalue weighted by Crippen LogP contribution is -2.09. The molecule has 0 saturated carbocycles. The number of rotatable bonds is 8. The van der Waals surface area contributed by atoms with Gasteiger partial charge in [-0.05, 0) is 59.7 Å². The van der Waals surface area contributed by atoms with Crippen LogP contribution in [0.3, 0.4) is 0 Å². The smallest absolute Gasteiger partial charge is 0.316 e. The molecule has 7 heteroatoms. The highest BCUT2D eigenvalue weighted by molar-refractivity contribution is 7.85. The van der Waals surface area contributed by atoms with Gasteiger partial charge in [0.15, 0.2) is 0 Å². The van der Waals surface area contributed by atoms with Gasteiger partial charge in [0.1, 0.15) is 29.7 Å². The van der Waals surface area contributed by atoms with Crippen LogP contribution >= 0.6 is 0 Å². The number of hydrogen-bond donors (Lipinski definition) is 1. The second kappa shape index (κ2) is 9.34. The Bertz CT molecular complexity index is 1030. The molecule has 0 spiro atoms. The second-order valence-corrected chi connectivity index (χ2v) is 7.64. The summed E-state index contributed by atoms with van der Waals surface area (Å²) in [5.74, 6) is -0.763. The van der Waals surface area contributed by atoms with Crippen molar-refractivity contribution in [1.82, 2.24) is 0 Å². The van der Waals surface area contributed by atoms with Gasteiger partial charge in [0.25, 0.3) is 0 Å². The van der Waals surface area contributed by atoms with Crippen molar-refractivity contribution in [1.29, 1.82) is 0 Å². The molecule has 1 unspecified atom stereocenters. The van der Waals surface area contributed by atoms with Crippen LogP contribution in [-0.2, 0) is 22.2 Å². The van der Waals surface area contributed by atoms with Crippen molar-refractivity contribution in [2.24, 2.45) is 0 Å². The highest BCUT2D eigenvalue weighted by atomic mass is 32.2. The van der Waals surface area contributed by atoms with Crippen molar-refractivity contribution in [2.45, 2.75) is 11.5 Å². The number of ether oxygens (including phenoxy) is 2. The first-order valence-corrected chi connectivity index (χ1v) is 10.0. The molecule has 0 aliphatic carbocycles. The van der Waals surface area contributed by atoms with Gasteiger partial charge in [-0.25, -0.2) is 4.39 Å². The Morgan fingerprint density at radius 2 is 1.76 bits per heavy atom. The van der Waals surface area contributed by atoms with Gasteiger partial charge in [-0.15, -0.1) is 0 Å². The van der Waals surface area contributed by atoms with Gasteiger partial charge < -0.3 is 14.6 Å². The Balaban J connectivity index is 1.70. The fraction of sp³-hybridized carbons (Fsp3) is 0.136. The zero-order valence-electron chi connectivity index (χ0n) is 15.6. The minimum atomic E-state index is -1.59. The molecule has 29 heavy (non-hydrogen) atoms. The maximum Gasteiger partial charge on any atom is 0.316 e. The fourth-order valence-electron chi connectivity index (χ4n) is 2.73. The van der Waals surface area contributed by atoms with Gasteiger partial charge in [-0.2, -0.15) is 0 Å². The molecule has 0 aromatic heterocycles. The van der Waals surface area contributed by atoms with E-state index in [2.05, 4.69) is 0 Å². The number of aliphatic carboxylic acids is 1. The fourth-order valence-corrected chi connectivity index (χ4v) is 3.56. The predicted octanol–water partition coefficient (Wildman–Crippen LogP) is 4.27. The molecule has 3 aromatic rings. The lowest BCUT2D eigenvalue weighted by Gasteiger charge is -2.10. The average molecular weight is 414 g/mol. The lowest BCUT2D eigenvalue weighted by atomic mass is 10.0. The minimum absolute atomic E-state index is 0.261. The molecule has 1 atom stereocenters. The van der Waals surface area contributed by atoms with E-state index >= 15 is 0 Å². The first-order valence-electron chi connectivity index (χ1n) is 8.72. The van der Waals surface area contributed by atoms with Crippen molar-refractivity contribution < 1.29 is 28.0 Å². The van der Waals surface area contributed by atoms with E-state index in [0.29, 0.717) is 27.5 Å². The maximum atomic E-state index is 14.2. The number of methoxy groups -OCH3 is 1. The molecule has 0 radical (unpaired) electrons. The van der Waals surface area contributed by atoms with Crippen molar-refractivity contribution in [3.8, 4) is 22.6 Å². The molecule has 0 amide bonds. The lowest BCUT2D eigenvalue weighted by molar-refractivity contribution is -0.133. The predicted molar refractivity (Wildman–Crippen MR) is 108 cm³/mol. The topological polar surface area (TPSA) is 72.8 Å². The van der Waals surface area contributed by atoms with E-state index in [-0.39, 0.29) is 12.4 Å². The van der Waals surface area contributed by atoms with Crippen LogP contribution in [0.4, 0.5) is 4.39 Å². The summed E-state index contributed by atoms with van der Waals surface area (Å²) >= 11 is 0. The van der Waals surface area contributed by atoms with Crippen molar-refractivity contribution in [3.63, 3.8) is 0 Å². The average Bonchev–Trinajstić information content (AvgIpc) is 2.72. The Kier molecular flexibility index (Phi) is 6.61. The number of hydrogen-bond acceptors (Lipinski definition) is 4. The molecule has 1 N–H and O–H groups in total. The Morgan fingerprint density at radius 1 is 1.03 bits per heavy atom. The van der Waals surface area contributed by atoms with Crippen molar-refractivity contribution >= 4 is 16.8 Å². The molecule has 150 valence electrons. The van der Waals surface area contributed by atoms with Gasteiger partial charge in [-0.1, -0.05) is 18.2 Å². The SMILES string of the molecule is COc1ccc(F)c(-c2cccc(COc3ccc(S(=O)CC(=O)O)cc3)c2)c1. The monoisotopic (exact) mass is 414 g/mol. The molecule has 0 bridgehead atoms. The summed E-state index contributed by atoms with van der Waals surface area (Å²) in [6.45, 7) is 0.261. The number of carboxylic acids is 1. The first-order chi connectivity index (χ1) is 14.0. The van der Waals surface area contributed by atoms with Crippen LogP contribution < -0.4 is 9.47 Å². The third kappa shape index (κ3) is 5.42. The molecular weight excluding hydrogens is 395 g/mol. The summed E-state index contributed by atoms with van der Waals surface area (Å²) in [4.78, 5) is 11.1. The third-order valence-electron chi connectivity index (χ3n) is 4.16. The van der Waals surface area contributed by atoms with E-state index in [0.717, 1.165) is 5.56 Å². The van der Waals surface area contributed by atoms with E-state index in [1.165, 1.54) is 13.2 Å². The number of carboxylic acid groups (broad SMARTS) is 1. The van der Waals surface area contributed by atoms with Crippen LogP contribution in [0.25, 0.3) is 11.1 Å². The highest BCUT2D eigenvalue weighted by Crippen LogP contribution is 2.28. The molecular formula is C22H19FO5S. The molecule has 0 aliphatic heterocycles. The Labute approximate surface area is 170 Å².